The van der Waals surface area contributed by atoms with Crippen molar-refractivity contribution >= 4 is 62.1 Å². The smallest absolute Gasteiger partial charge is 0.255 e. The maximum Gasteiger partial charge on any atom is 0.255 e. The third kappa shape index (κ3) is 5.52. The van der Waals surface area contributed by atoms with Crippen LogP contribution in [0.1, 0.15) is 33.6 Å². The van der Waals surface area contributed by atoms with E-state index in [1.807, 2.05) is 0 Å². The number of carbonyl (C=O) groups is 2. The molecule has 1 fully saturated rings. The molecule has 10 heteroatoms. The number of rotatable bonds is 5. The highest BCUT2D eigenvalue weighted by Gasteiger charge is 2.26. The summed E-state index contributed by atoms with van der Waals surface area (Å²) in [4.78, 5) is 25.2. The first-order valence-corrected chi connectivity index (χ1v) is 12.9. The summed E-state index contributed by atoms with van der Waals surface area (Å²) >= 11 is 12.2. The quantitative estimate of drug-likeness (QED) is 0.471. The Morgan fingerprint density at radius 3 is 2.26 bits per heavy atom. The Balaban J connectivity index is 1.46. The summed E-state index contributed by atoms with van der Waals surface area (Å²) in [5.41, 5.74) is 2.02. The van der Waals surface area contributed by atoms with Crippen LogP contribution in [0.3, 0.4) is 0 Å². The van der Waals surface area contributed by atoms with Gasteiger partial charge in [-0.1, -0.05) is 29.3 Å². The molecule has 0 aromatic heterocycles. The molecular weight excluding hydrogens is 497 g/mol. The highest BCUT2D eigenvalue weighted by molar-refractivity contribution is 7.92. The Bertz CT molecular complexity index is 1340. The van der Waals surface area contributed by atoms with Gasteiger partial charge in [0.2, 0.25) is 10.0 Å². The van der Waals surface area contributed by atoms with E-state index >= 15 is 0 Å². The van der Waals surface area contributed by atoms with Crippen molar-refractivity contribution < 1.29 is 18.0 Å². The fourth-order valence-corrected chi connectivity index (χ4v) is 5.58. The summed E-state index contributed by atoms with van der Waals surface area (Å²) in [7, 11) is -3.32. The Morgan fingerprint density at radius 1 is 0.824 bits per heavy atom. The van der Waals surface area contributed by atoms with E-state index in [0.29, 0.717) is 51.2 Å². The fourth-order valence-electron chi connectivity index (χ4n) is 3.58. The van der Waals surface area contributed by atoms with Gasteiger partial charge in [-0.2, -0.15) is 0 Å². The zero-order valence-corrected chi connectivity index (χ0v) is 20.3. The van der Waals surface area contributed by atoms with Gasteiger partial charge in [-0.25, -0.2) is 8.42 Å². The van der Waals surface area contributed by atoms with Gasteiger partial charge in [-0.15, -0.1) is 0 Å². The monoisotopic (exact) mass is 517 g/mol. The van der Waals surface area contributed by atoms with Crippen molar-refractivity contribution in [2.24, 2.45) is 0 Å². The van der Waals surface area contributed by atoms with Crippen LogP contribution in [0.25, 0.3) is 0 Å². The van der Waals surface area contributed by atoms with E-state index in [2.05, 4.69) is 10.6 Å². The molecule has 1 aliphatic heterocycles. The van der Waals surface area contributed by atoms with Gasteiger partial charge in [0.1, 0.15) is 0 Å². The predicted octanol–water partition coefficient (Wildman–Crippen LogP) is 5.43. The molecule has 1 heterocycles. The standard InChI is InChI=1S/C24H21Cl2N3O4S/c25-18-5-3-4-17(14-18)24(31)28-22-15-19(8-11-21(22)26)27-23(30)16-6-9-20(10-7-16)29-12-1-2-13-34(29,32)33/h3-11,14-15H,1-2,12-13H2,(H,27,30)(H,28,31). The molecule has 1 saturated heterocycles. The van der Waals surface area contributed by atoms with Crippen molar-refractivity contribution in [2.75, 3.05) is 27.2 Å². The Morgan fingerprint density at radius 2 is 1.56 bits per heavy atom. The van der Waals surface area contributed by atoms with Crippen molar-refractivity contribution in [3.05, 3.63) is 87.9 Å². The largest absolute Gasteiger partial charge is 0.322 e. The van der Waals surface area contributed by atoms with Crippen LogP contribution in [0.5, 0.6) is 0 Å². The second-order valence-electron chi connectivity index (χ2n) is 7.76. The number of halogens is 2. The molecule has 1 aliphatic rings. The van der Waals surface area contributed by atoms with Gasteiger partial charge < -0.3 is 10.6 Å². The number of hydrogen-bond acceptors (Lipinski definition) is 4. The molecule has 176 valence electrons. The Labute approximate surface area is 207 Å². The second-order valence-corrected chi connectivity index (χ2v) is 10.6. The van der Waals surface area contributed by atoms with Crippen LogP contribution in [0.2, 0.25) is 10.0 Å². The van der Waals surface area contributed by atoms with Crippen molar-refractivity contribution in [2.45, 2.75) is 12.8 Å². The molecule has 0 saturated carbocycles. The van der Waals surface area contributed by atoms with Gasteiger partial charge >= 0.3 is 0 Å². The number of hydrogen-bond donors (Lipinski definition) is 2. The third-order valence-corrected chi connectivity index (χ3v) is 7.76. The first kappa shape index (κ1) is 24.1. The highest BCUT2D eigenvalue weighted by atomic mass is 35.5. The molecule has 3 aromatic carbocycles. The number of benzene rings is 3. The molecule has 4 rings (SSSR count). The minimum Gasteiger partial charge on any atom is -0.322 e. The molecule has 3 aromatic rings. The van der Waals surface area contributed by atoms with Gasteiger partial charge in [0.05, 0.1) is 22.2 Å². The van der Waals surface area contributed by atoms with Crippen LogP contribution in [-0.2, 0) is 10.0 Å². The van der Waals surface area contributed by atoms with Crippen LogP contribution >= 0.6 is 23.2 Å². The highest BCUT2D eigenvalue weighted by Crippen LogP contribution is 2.28. The maximum absolute atomic E-state index is 12.7. The zero-order valence-electron chi connectivity index (χ0n) is 17.9. The number of amides is 2. The van der Waals surface area contributed by atoms with Crippen molar-refractivity contribution in [3.8, 4) is 0 Å². The lowest BCUT2D eigenvalue weighted by Gasteiger charge is -2.28. The molecule has 0 bridgehead atoms. The van der Waals surface area contributed by atoms with Gasteiger partial charge in [0.15, 0.2) is 0 Å². The SMILES string of the molecule is O=C(Nc1ccc(Cl)c(NC(=O)c2cccc(Cl)c2)c1)c1ccc(N2CCCCS2(=O)=O)cc1. The third-order valence-electron chi connectivity index (χ3n) is 5.33. The number of anilines is 3. The summed E-state index contributed by atoms with van der Waals surface area (Å²) < 4.78 is 26.0. The molecule has 7 nitrogen and oxygen atoms in total. The van der Waals surface area contributed by atoms with Crippen LogP contribution in [0, 0.1) is 0 Å². The minimum absolute atomic E-state index is 0.127. The number of nitrogens with zero attached hydrogens (tertiary/aromatic N) is 1. The summed E-state index contributed by atoms with van der Waals surface area (Å²) in [6.45, 7) is 0.433. The minimum atomic E-state index is -3.32. The zero-order chi connectivity index (χ0) is 24.3. The molecular formula is C24H21Cl2N3O4S. The summed E-state index contributed by atoms with van der Waals surface area (Å²) in [6.07, 6.45) is 1.45. The van der Waals surface area contributed by atoms with Gasteiger partial charge in [-0.3, -0.25) is 13.9 Å². The van der Waals surface area contributed by atoms with Crippen LogP contribution in [0.15, 0.2) is 66.7 Å². The van der Waals surface area contributed by atoms with E-state index in [-0.39, 0.29) is 11.7 Å². The van der Waals surface area contributed by atoms with E-state index in [0.717, 1.165) is 6.42 Å². The molecule has 2 amide bonds. The van der Waals surface area contributed by atoms with Crippen molar-refractivity contribution in [3.63, 3.8) is 0 Å². The molecule has 0 aliphatic carbocycles. The molecule has 0 atom stereocenters. The van der Waals surface area contributed by atoms with Gasteiger partial charge in [-0.05, 0) is 73.5 Å². The van der Waals surface area contributed by atoms with E-state index in [1.165, 1.54) is 10.4 Å². The molecule has 0 unspecified atom stereocenters. The van der Waals surface area contributed by atoms with Crippen LogP contribution in [0.4, 0.5) is 17.1 Å². The first-order chi connectivity index (χ1) is 16.2. The number of sulfonamides is 1. The van der Waals surface area contributed by atoms with E-state index in [4.69, 9.17) is 23.2 Å². The normalized spacial score (nSPS) is 14.9. The lowest BCUT2D eigenvalue weighted by atomic mass is 10.1. The van der Waals surface area contributed by atoms with Gasteiger partial charge in [0.25, 0.3) is 11.8 Å². The second kappa shape index (κ2) is 10.0. The Hall–Kier alpha value is -3.07. The molecule has 34 heavy (non-hydrogen) atoms. The fraction of sp³-hybridized carbons (Fsp3) is 0.167. The van der Waals surface area contributed by atoms with E-state index in [9.17, 15) is 18.0 Å². The summed E-state index contributed by atoms with van der Waals surface area (Å²) in [6, 6.07) is 17.6. The maximum atomic E-state index is 12.7. The lowest BCUT2D eigenvalue weighted by molar-refractivity contribution is 0.101. The van der Waals surface area contributed by atoms with Crippen LogP contribution < -0.4 is 14.9 Å². The Kier molecular flexibility index (Phi) is 7.11. The van der Waals surface area contributed by atoms with Crippen LogP contribution in [-0.4, -0.2) is 32.5 Å². The van der Waals surface area contributed by atoms with E-state index in [1.54, 1.807) is 60.7 Å². The van der Waals surface area contributed by atoms with Crippen molar-refractivity contribution in [1.82, 2.24) is 0 Å². The van der Waals surface area contributed by atoms with Crippen molar-refractivity contribution in [1.29, 1.82) is 0 Å². The number of carbonyl (C=O) groups excluding carboxylic acids is 2. The predicted molar refractivity (Wildman–Crippen MR) is 136 cm³/mol. The van der Waals surface area contributed by atoms with E-state index < -0.39 is 15.9 Å². The molecule has 0 spiro atoms. The average molecular weight is 518 g/mol. The summed E-state index contributed by atoms with van der Waals surface area (Å²) in [5, 5.41) is 6.22. The lowest BCUT2D eigenvalue weighted by Crippen LogP contribution is -2.37. The first-order valence-electron chi connectivity index (χ1n) is 10.5. The topological polar surface area (TPSA) is 95.6 Å². The molecule has 2 N–H and O–H groups in total. The average Bonchev–Trinajstić information content (AvgIpc) is 2.81. The number of nitrogens with one attached hydrogen (secondary N) is 2. The van der Waals surface area contributed by atoms with Gasteiger partial charge in [0, 0.05) is 28.4 Å². The molecule has 0 radical (unpaired) electrons. The summed E-state index contributed by atoms with van der Waals surface area (Å²) in [5.74, 6) is -0.652.